The van der Waals surface area contributed by atoms with Crippen molar-refractivity contribution < 1.29 is 22.7 Å². The second-order valence-electron chi connectivity index (χ2n) is 6.64. The van der Waals surface area contributed by atoms with Gasteiger partial charge in [0.15, 0.2) is 17.5 Å². The van der Waals surface area contributed by atoms with E-state index in [9.17, 15) is 18.0 Å². The third-order valence-corrected chi connectivity index (χ3v) is 3.63. The van der Waals surface area contributed by atoms with Gasteiger partial charge in [-0.05, 0) is 35.2 Å². The van der Waals surface area contributed by atoms with Crippen LogP contribution in [0.5, 0.6) is 5.75 Å². The molecular formula is C19H20F3NO2. The Labute approximate surface area is 144 Å². The molecule has 0 atom stereocenters. The third-order valence-electron chi connectivity index (χ3n) is 3.63. The maximum atomic E-state index is 13.5. The summed E-state index contributed by atoms with van der Waals surface area (Å²) in [5, 5.41) is 2.19. The van der Waals surface area contributed by atoms with E-state index >= 15 is 0 Å². The molecule has 2 aromatic carbocycles. The van der Waals surface area contributed by atoms with Crippen molar-refractivity contribution >= 4 is 11.6 Å². The molecule has 0 saturated heterocycles. The van der Waals surface area contributed by atoms with E-state index in [4.69, 9.17) is 4.74 Å². The van der Waals surface area contributed by atoms with Gasteiger partial charge in [-0.1, -0.05) is 32.9 Å². The number of carbonyl (C=O) groups is 1. The van der Waals surface area contributed by atoms with Gasteiger partial charge in [-0.2, -0.15) is 0 Å². The monoisotopic (exact) mass is 351 g/mol. The van der Waals surface area contributed by atoms with E-state index in [1.165, 1.54) is 0 Å². The van der Waals surface area contributed by atoms with Crippen LogP contribution in [0.25, 0.3) is 0 Å². The van der Waals surface area contributed by atoms with E-state index < -0.39 is 29.0 Å². The number of carbonyl (C=O) groups excluding carboxylic acids is 1. The Kier molecular flexibility index (Phi) is 5.72. The van der Waals surface area contributed by atoms with Gasteiger partial charge in [0.1, 0.15) is 5.75 Å². The Bertz CT molecular complexity index is 752. The number of amides is 1. The first-order valence-corrected chi connectivity index (χ1v) is 7.85. The van der Waals surface area contributed by atoms with Crippen molar-refractivity contribution in [3.8, 4) is 5.75 Å². The van der Waals surface area contributed by atoms with Crippen molar-refractivity contribution in [3.63, 3.8) is 0 Å². The summed E-state index contributed by atoms with van der Waals surface area (Å²) in [5.41, 5.74) is 0.789. The normalized spacial score (nSPS) is 11.3. The first-order valence-electron chi connectivity index (χ1n) is 7.85. The highest BCUT2D eigenvalue weighted by atomic mass is 19.2. The van der Waals surface area contributed by atoms with Crippen molar-refractivity contribution in [1.82, 2.24) is 0 Å². The number of halogens is 3. The van der Waals surface area contributed by atoms with Crippen molar-refractivity contribution in [2.45, 2.75) is 32.6 Å². The molecule has 0 spiro atoms. The zero-order chi connectivity index (χ0) is 18.6. The molecule has 0 radical (unpaired) electrons. The second-order valence-corrected chi connectivity index (χ2v) is 6.64. The fraction of sp³-hybridized carbons (Fsp3) is 0.316. The van der Waals surface area contributed by atoms with Gasteiger partial charge in [-0.3, -0.25) is 4.79 Å². The van der Waals surface area contributed by atoms with E-state index in [-0.39, 0.29) is 18.4 Å². The molecule has 2 aromatic rings. The summed E-state index contributed by atoms with van der Waals surface area (Å²) in [6.45, 7) is 6.38. The molecule has 1 amide bonds. The van der Waals surface area contributed by atoms with Crippen molar-refractivity contribution in [1.29, 1.82) is 0 Å². The van der Waals surface area contributed by atoms with Gasteiger partial charge < -0.3 is 10.1 Å². The fourth-order valence-electron chi connectivity index (χ4n) is 2.15. The lowest BCUT2D eigenvalue weighted by atomic mass is 9.87. The molecule has 0 aromatic heterocycles. The predicted molar refractivity (Wildman–Crippen MR) is 90.2 cm³/mol. The summed E-state index contributed by atoms with van der Waals surface area (Å²) in [7, 11) is 0. The molecule has 6 heteroatoms. The fourth-order valence-corrected chi connectivity index (χ4v) is 2.15. The Morgan fingerprint density at radius 1 is 1.00 bits per heavy atom. The molecule has 2 rings (SSSR count). The number of nitrogens with one attached hydrogen (secondary N) is 1. The molecular weight excluding hydrogens is 331 g/mol. The molecule has 0 aliphatic carbocycles. The van der Waals surface area contributed by atoms with Gasteiger partial charge in [0.2, 0.25) is 5.91 Å². The van der Waals surface area contributed by atoms with Crippen LogP contribution in [-0.2, 0) is 10.2 Å². The number of anilines is 1. The maximum Gasteiger partial charge on any atom is 0.227 e. The van der Waals surface area contributed by atoms with E-state index in [0.29, 0.717) is 5.75 Å². The highest BCUT2D eigenvalue weighted by Crippen LogP contribution is 2.24. The largest absolute Gasteiger partial charge is 0.493 e. The van der Waals surface area contributed by atoms with Crippen LogP contribution in [0.15, 0.2) is 36.4 Å². The Balaban J connectivity index is 1.86. The summed E-state index contributed by atoms with van der Waals surface area (Å²) in [4.78, 5) is 11.8. The Morgan fingerprint density at radius 3 is 2.24 bits per heavy atom. The van der Waals surface area contributed by atoms with Gasteiger partial charge in [-0.25, -0.2) is 13.2 Å². The molecule has 0 fully saturated rings. The van der Waals surface area contributed by atoms with Crippen LogP contribution in [0.4, 0.5) is 18.9 Å². The summed E-state index contributed by atoms with van der Waals surface area (Å²) in [6.07, 6.45) is -0.0561. The lowest BCUT2D eigenvalue weighted by Crippen LogP contribution is -2.16. The molecule has 3 nitrogen and oxygen atoms in total. The average molecular weight is 351 g/mol. The summed E-state index contributed by atoms with van der Waals surface area (Å²) in [5.74, 6) is -4.30. The lowest BCUT2D eigenvalue weighted by Gasteiger charge is -2.19. The molecule has 0 unspecified atom stereocenters. The minimum atomic E-state index is -1.62. The SMILES string of the molecule is CC(C)(C)c1ccc(OCCC(=O)Nc2ccc(F)c(F)c2F)cc1. The van der Waals surface area contributed by atoms with E-state index in [1.807, 2.05) is 24.3 Å². The van der Waals surface area contributed by atoms with Crippen molar-refractivity contribution in [3.05, 3.63) is 59.4 Å². The second kappa shape index (κ2) is 7.59. The molecule has 0 aliphatic rings. The minimum absolute atomic E-state index is 0.0346. The first-order chi connectivity index (χ1) is 11.7. The van der Waals surface area contributed by atoms with Crippen LogP contribution in [0.2, 0.25) is 0 Å². The minimum Gasteiger partial charge on any atom is -0.493 e. The average Bonchev–Trinajstić information content (AvgIpc) is 2.55. The highest BCUT2D eigenvalue weighted by molar-refractivity contribution is 5.90. The zero-order valence-electron chi connectivity index (χ0n) is 14.3. The first kappa shape index (κ1) is 18.8. The quantitative estimate of drug-likeness (QED) is 0.785. The Morgan fingerprint density at radius 2 is 1.64 bits per heavy atom. The summed E-state index contributed by atoms with van der Waals surface area (Å²) < 4.78 is 44.9. The van der Waals surface area contributed by atoms with Crippen LogP contribution in [0.3, 0.4) is 0 Å². The van der Waals surface area contributed by atoms with Crippen LogP contribution in [0, 0.1) is 17.5 Å². The molecule has 0 bridgehead atoms. The smallest absolute Gasteiger partial charge is 0.227 e. The zero-order valence-corrected chi connectivity index (χ0v) is 14.3. The van der Waals surface area contributed by atoms with Crippen LogP contribution >= 0.6 is 0 Å². The Hall–Kier alpha value is -2.50. The van der Waals surface area contributed by atoms with Crippen LogP contribution in [0.1, 0.15) is 32.8 Å². The van der Waals surface area contributed by atoms with E-state index in [2.05, 4.69) is 26.1 Å². The number of rotatable bonds is 5. The molecule has 1 N–H and O–H groups in total. The molecule has 0 aliphatic heterocycles. The molecule has 0 saturated carbocycles. The summed E-state index contributed by atoms with van der Waals surface area (Å²) >= 11 is 0. The van der Waals surface area contributed by atoms with E-state index in [0.717, 1.165) is 17.7 Å². The van der Waals surface area contributed by atoms with Gasteiger partial charge >= 0.3 is 0 Å². The third kappa shape index (κ3) is 4.98. The van der Waals surface area contributed by atoms with Crippen LogP contribution < -0.4 is 10.1 Å². The lowest BCUT2D eigenvalue weighted by molar-refractivity contribution is -0.116. The molecule has 25 heavy (non-hydrogen) atoms. The van der Waals surface area contributed by atoms with Gasteiger partial charge in [0, 0.05) is 0 Å². The standard InChI is InChI=1S/C19H20F3NO2/c1-19(2,3)12-4-6-13(7-5-12)25-11-10-16(24)23-15-9-8-14(20)17(21)18(15)22/h4-9H,10-11H2,1-3H3,(H,23,24). The molecule has 134 valence electrons. The van der Waals surface area contributed by atoms with Crippen LogP contribution in [-0.4, -0.2) is 12.5 Å². The van der Waals surface area contributed by atoms with Gasteiger partial charge in [0.25, 0.3) is 0 Å². The highest BCUT2D eigenvalue weighted by Gasteiger charge is 2.15. The van der Waals surface area contributed by atoms with Gasteiger partial charge in [-0.15, -0.1) is 0 Å². The van der Waals surface area contributed by atoms with E-state index in [1.54, 1.807) is 0 Å². The number of ether oxygens (including phenoxy) is 1. The number of hydrogen-bond donors (Lipinski definition) is 1. The van der Waals surface area contributed by atoms with Crippen molar-refractivity contribution in [2.24, 2.45) is 0 Å². The summed E-state index contributed by atoms with van der Waals surface area (Å²) in [6, 6.07) is 9.25. The van der Waals surface area contributed by atoms with Crippen molar-refractivity contribution in [2.75, 3.05) is 11.9 Å². The topological polar surface area (TPSA) is 38.3 Å². The molecule has 0 heterocycles. The van der Waals surface area contributed by atoms with Gasteiger partial charge in [0.05, 0.1) is 18.7 Å². The predicted octanol–water partition coefficient (Wildman–Crippen LogP) is 4.81. The number of benzene rings is 2. The number of hydrogen-bond acceptors (Lipinski definition) is 2. The maximum absolute atomic E-state index is 13.5.